The molecule has 0 bridgehead atoms. The summed E-state index contributed by atoms with van der Waals surface area (Å²) < 4.78 is 14.6. The average molecular weight is 1100 g/mol. The number of anilines is 6. The molecule has 0 radical (unpaired) electrons. The predicted octanol–water partition coefficient (Wildman–Crippen LogP) is 23.2. The van der Waals surface area contributed by atoms with Crippen LogP contribution in [0.5, 0.6) is 0 Å². The maximum absolute atomic E-state index is 7.31. The molecule has 2 fully saturated rings. The first-order chi connectivity index (χ1) is 42.2. The molecular weight excluding hydrogens is 1030 g/mol. The molecule has 0 aliphatic heterocycles. The third-order valence-electron chi connectivity index (χ3n) is 19.7. The monoisotopic (exact) mass is 1100 g/mol. The van der Waals surface area contributed by atoms with E-state index in [2.05, 4.69) is 265 Å². The Kier molecular flexibility index (Phi) is 11.9. The molecular formula is C81H64N2O2. The van der Waals surface area contributed by atoms with E-state index < -0.39 is 5.41 Å². The number of furan rings is 2. The molecule has 85 heavy (non-hydrogen) atoms. The van der Waals surface area contributed by atoms with Gasteiger partial charge in [-0.15, -0.1) is 0 Å². The van der Waals surface area contributed by atoms with Crippen LogP contribution in [0.25, 0.3) is 76.5 Å². The molecule has 410 valence electrons. The molecule has 17 rings (SSSR count). The number of fused-ring (bicyclic) bond motifs is 14. The quantitative estimate of drug-likeness (QED) is 0.128. The molecule has 2 saturated carbocycles. The molecule has 0 N–H and O–H groups in total. The fraction of sp³-hybridized carbons (Fsp3) is 0.160. The maximum atomic E-state index is 7.31. The first kappa shape index (κ1) is 49.9. The highest BCUT2D eigenvalue weighted by molar-refractivity contribution is 6.21. The van der Waals surface area contributed by atoms with Crippen LogP contribution in [0.2, 0.25) is 0 Å². The van der Waals surface area contributed by atoms with Crippen molar-refractivity contribution in [3.05, 3.63) is 288 Å². The lowest BCUT2D eigenvalue weighted by Crippen LogP contribution is -2.29. The lowest BCUT2D eigenvalue weighted by atomic mass is 9.66. The summed E-state index contributed by atoms with van der Waals surface area (Å²) in [5.74, 6) is 1.02. The molecule has 0 unspecified atom stereocenters. The zero-order valence-corrected chi connectivity index (χ0v) is 47.7. The van der Waals surface area contributed by atoms with E-state index in [1.54, 1.807) is 0 Å². The van der Waals surface area contributed by atoms with Gasteiger partial charge < -0.3 is 18.6 Å². The zero-order valence-electron chi connectivity index (χ0n) is 47.7. The molecule has 0 spiro atoms. The lowest BCUT2D eigenvalue weighted by Gasteiger charge is -2.36. The van der Waals surface area contributed by atoms with E-state index in [1.165, 1.54) is 141 Å². The number of hydrogen-bond acceptors (Lipinski definition) is 4. The van der Waals surface area contributed by atoms with Crippen molar-refractivity contribution in [3.8, 4) is 11.1 Å². The van der Waals surface area contributed by atoms with E-state index in [4.69, 9.17) is 8.83 Å². The van der Waals surface area contributed by atoms with Gasteiger partial charge in [0, 0.05) is 44.3 Å². The van der Waals surface area contributed by atoms with Crippen LogP contribution in [0.4, 0.5) is 34.1 Å². The van der Waals surface area contributed by atoms with Crippen molar-refractivity contribution in [2.45, 2.75) is 81.5 Å². The van der Waals surface area contributed by atoms with Crippen molar-refractivity contribution in [2.24, 2.45) is 0 Å². The second-order valence-electron chi connectivity index (χ2n) is 24.2. The van der Waals surface area contributed by atoms with Crippen LogP contribution in [0.3, 0.4) is 0 Å². The lowest BCUT2D eigenvalue weighted by molar-refractivity contribution is 0.442. The average Bonchev–Trinajstić information content (AvgIpc) is 1.58. The van der Waals surface area contributed by atoms with Crippen molar-refractivity contribution in [1.82, 2.24) is 0 Å². The Morgan fingerprint density at radius 2 is 0.729 bits per heavy atom. The van der Waals surface area contributed by atoms with Crippen LogP contribution in [0.1, 0.15) is 109 Å². The summed E-state index contributed by atoms with van der Waals surface area (Å²) in [4.78, 5) is 4.86. The van der Waals surface area contributed by atoms with Gasteiger partial charge in [0.1, 0.15) is 11.2 Å². The summed E-state index contributed by atoms with van der Waals surface area (Å²) in [5, 5.41) is 9.53. The van der Waals surface area contributed by atoms with Gasteiger partial charge >= 0.3 is 0 Å². The first-order valence-corrected chi connectivity index (χ1v) is 31.0. The molecule has 4 heteroatoms. The molecule has 0 saturated heterocycles. The van der Waals surface area contributed by atoms with Crippen molar-refractivity contribution in [1.29, 1.82) is 0 Å². The molecule has 0 amide bonds. The summed E-state index contributed by atoms with van der Waals surface area (Å²) in [5.41, 5.74) is 19.6. The van der Waals surface area contributed by atoms with Gasteiger partial charge in [0.05, 0.1) is 16.8 Å². The molecule has 12 aromatic carbocycles. The third kappa shape index (κ3) is 7.80. The fourth-order valence-corrected chi connectivity index (χ4v) is 15.9. The minimum absolute atomic E-state index is 0.507. The topological polar surface area (TPSA) is 32.8 Å². The van der Waals surface area contributed by atoms with Gasteiger partial charge in [-0.1, -0.05) is 233 Å². The number of benzene rings is 12. The normalized spacial score (nSPS) is 15.3. The van der Waals surface area contributed by atoms with Gasteiger partial charge in [0.15, 0.2) is 11.2 Å². The summed E-state index contributed by atoms with van der Waals surface area (Å²) in [7, 11) is 0. The second kappa shape index (κ2) is 20.3. The van der Waals surface area contributed by atoms with Crippen LogP contribution in [-0.2, 0) is 5.41 Å². The van der Waals surface area contributed by atoms with Crippen molar-refractivity contribution >= 4 is 99.5 Å². The minimum atomic E-state index is -0.745. The van der Waals surface area contributed by atoms with Crippen LogP contribution < -0.4 is 9.80 Å². The SMILES string of the molecule is c1ccc(N(c2ccc3c(c2)C(c2ccccc2)(c2ccccc2)c2c-3c3ccccc3c3cc(N(c4ccccc4)c4cccc5c4oc4c(C6CCCCC6)cccc45)ccc23)c2cccc3c2oc2c(C4CCCCC4)cccc23)cc1. The molecule has 3 aliphatic rings. The summed E-state index contributed by atoms with van der Waals surface area (Å²) in [6.45, 7) is 0. The Hall–Kier alpha value is -9.64. The third-order valence-corrected chi connectivity index (χ3v) is 19.7. The van der Waals surface area contributed by atoms with Crippen LogP contribution in [0.15, 0.2) is 264 Å². The second-order valence-corrected chi connectivity index (χ2v) is 24.2. The standard InChI is InChI=1S/C81H64N2O2/c1-7-25-53(26-8-1)61-39-21-41-66-68-43-23-45-73(79(68)84-77(61)66)82(57-33-15-5-16-34-57)59-47-49-65-71(51-59)63-37-19-20-38-64(63)75-70-50-48-60(52-72(70)81(76(65)75,55-29-11-3-12-30-55)56-31-13-4-14-32-56)83(58-35-17-6-18-36-58)74-46-24-44-69-67-42-22-40-62(78(67)85-80(69)74)54-27-9-2-10-28-54/h3-6,11-24,29-54H,1-2,7-10,25-28H2. The van der Waals surface area contributed by atoms with Crippen LogP contribution in [0, 0.1) is 0 Å². The molecule has 4 nitrogen and oxygen atoms in total. The molecule has 0 atom stereocenters. The molecule has 2 aromatic heterocycles. The van der Waals surface area contributed by atoms with Gasteiger partial charge in [-0.2, -0.15) is 0 Å². The van der Waals surface area contributed by atoms with E-state index in [1.807, 2.05) is 0 Å². The van der Waals surface area contributed by atoms with E-state index in [0.29, 0.717) is 11.8 Å². The summed E-state index contributed by atoms with van der Waals surface area (Å²) in [6, 6.07) is 95.1. The highest BCUT2D eigenvalue weighted by Gasteiger charge is 2.48. The van der Waals surface area contributed by atoms with Gasteiger partial charge in [-0.05, 0) is 164 Å². The number of hydrogen-bond donors (Lipinski definition) is 0. The first-order valence-electron chi connectivity index (χ1n) is 31.0. The maximum Gasteiger partial charge on any atom is 0.159 e. The van der Waals surface area contributed by atoms with Gasteiger partial charge in [-0.25, -0.2) is 0 Å². The van der Waals surface area contributed by atoms with Gasteiger partial charge in [0.25, 0.3) is 0 Å². The van der Waals surface area contributed by atoms with Crippen molar-refractivity contribution in [3.63, 3.8) is 0 Å². The van der Waals surface area contributed by atoms with Crippen molar-refractivity contribution < 1.29 is 8.83 Å². The minimum Gasteiger partial charge on any atom is -0.454 e. The Labute approximate surface area is 496 Å². The van der Waals surface area contributed by atoms with Crippen LogP contribution >= 0.6 is 0 Å². The largest absolute Gasteiger partial charge is 0.454 e. The van der Waals surface area contributed by atoms with E-state index in [-0.39, 0.29) is 0 Å². The van der Waals surface area contributed by atoms with Crippen molar-refractivity contribution in [2.75, 3.05) is 9.80 Å². The molecule has 14 aromatic rings. The highest BCUT2D eigenvalue weighted by atomic mass is 16.3. The Morgan fingerprint density at radius 3 is 1.25 bits per heavy atom. The molecule has 2 heterocycles. The summed E-state index contributed by atoms with van der Waals surface area (Å²) >= 11 is 0. The smallest absolute Gasteiger partial charge is 0.159 e. The predicted molar refractivity (Wildman–Crippen MR) is 354 cm³/mol. The highest BCUT2D eigenvalue weighted by Crippen LogP contribution is 2.62. The Balaban J connectivity index is 0.908. The Morgan fingerprint density at radius 1 is 0.306 bits per heavy atom. The van der Waals surface area contributed by atoms with Gasteiger partial charge in [-0.3, -0.25) is 0 Å². The van der Waals surface area contributed by atoms with Gasteiger partial charge in [0.2, 0.25) is 0 Å². The van der Waals surface area contributed by atoms with Crippen LogP contribution in [-0.4, -0.2) is 0 Å². The number of para-hydroxylation sites is 6. The number of nitrogens with zero attached hydrogens (tertiary/aromatic N) is 2. The van der Waals surface area contributed by atoms with E-state index in [9.17, 15) is 0 Å². The Bertz CT molecular complexity index is 4820. The van der Waals surface area contributed by atoms with E-state index >= 15 is 0 Å². The summed E-state index contributed by atoms with van der Waals surface area (Å²) in [6.07, 6.45) is 12.6. The fourth-order valence-electron chi connectivity index (χ4n) is 15.9. The zero-order chi connectivity index (χ0) is 56.0. The number of rotatable bonds is 10. The molecule has 3 aliphatic carbocycles. The van der Waals surface area contributed by atoms with E-state index in [0.717, 1.165) is 67.2 Å².